The van der Waals surface area contributed by atoms with Crippen molar-refractivity contribution in [3.8, 4) is 0 Å². The molecule has 1 aromatic rings. The Morgan fingerprint density at radius 3 is 2.67 bits per heavy atom. The molecule has 0 amide bonds. The van der Waals surface area contributed by atoms with E-state index in [0.717, 1.165) is 18.5 Å². The van der Waals surface area contributed by atoms with Gasteiger partial charge in [-0.1, -0.05) is 18.5 Å². The van der Waals surface area contributed by atoms with Gasteiger partial charge in [0.1, 0.15) is 0 Å². The van der Waals surface area contributed by atoms with Crippen LogP contribution in [0.15, 0.2) is 17.2 Å². The lowest BCUT2D eigenvalue weighted by atomic mass is 10.3. The highest BCUT2D eigenvalue weighted by molar-refractivity contribution is 7.92. The van der Waals surface area contributed by atoms with Gasteiger partial charge in [0, 0.05) is 6.20 Å². The first-order chi connectivity index (χ1) is 7.05. The maximum atomic E-state index is 11.8. The van der Waals surface area contributed by atoms with Crippen molar-refractivity contribution in [2.45, 2.75) is 36.3 Å². The van der Waals surface area contributed by atoms with Gasteiger partial charge in [-0.05, 0) is 25.3 Å². The van der Waals surface area contributed by atoms with E-state index in [-0.39, 0.29) is 10.1 Å². The molecule has 0 spiro atoms. The molecule has 1 saturated carbocycles. The molecule has 1 heterocycles. The summed E-state index contributed by atoms with van der Waals surface area (Å²) in [6, 6.07) is 1.51. The second kappa shape index (κ2) is 3.76. The molecule has 1 aromatic heterocycles. The molecule has 0 bridgehead atoms. The fourth-order valence-corrected chi connectivity index (χ4v) is 3.42. The number of hydrogen-bond donors (Lipinski definition) is 0. The second-order valence-corrected chi connectivity index (χ2v) is 6.33. The molecule has 5 heteroatoms. The zero-order valence-corrected chi connectivity index (χ0v) is 9.98. The van der Waals surface area contributed by atoms with Gasteiger partial charge in [-0.3, -0.25) is 4.98 Å². The Kier molecular flexibility index (Phi) is 2.73. The van der Waals surface area contributed by atoms with Crippen LogP contribution in [0.4, 0.5) is 0 Å². The number of pyridine rings is 1. The molecule has 0 unspecified atom stereocenters. The van der Waals surface area contributed by atoms with Crippen molar-refractivity contribution in [2.24, 2.45) is 0 Å². The third-order valence-corrected chi connectivity index (χ3v) is 5.08. The Morgan fingerprint density at radius 1 is 1.53 bits per heavy atom. The highest BCUT2D eigenvalue weighted by Gasteiger charge is 2.37. The Hall–Kier alpha value is -0.610. The zero-order chi connectivity index (χ0) is 11.1. The van der Waals surface area contributed by atoms with Crippen LogP contribution >= 0.6 is 11.6 Å². The summed E-state index contributed by atoms with van der Waals surface area (Å²) in [5, 5.41) is 0.238. The van der Waals surface area contributed by atoms with E-state index in [1.165, 1.54) is 12.3 Å². The van der Waals surface area contributed by atoms with Gasteiger partial charge < -0.3 is 0 Å². The van der Waals surface area contributed by atoms with Gasteiger partial charge in [-0.25, -0.2) is 8.42 Å². The van der Waals surface area contributed by atoms with Gasteiger partial charge in [0.15, 0.2) is 9.84 Å². The molecule has 1 aliphatic rings. The molecule has 15 heavy (non-hydrogen) atoms. The SMILES string of the molecule is CCc1ncc(S(=O)(=O)C2CC2)cc1Cl. The fourth-order valence-electron chi connectivity index (χ4n) is 1.44. The minimum absolute atomic E-state index is 0.206. The predicted molar refractivity (Wildman–Crippen MR) is 58.8 cm³/mol. The third kappa shape index (κ3) is 2.01. The van der Waals surface area contributed by atoms with Crippen molar-refractivity contribution in [2.75, 3.05) is 0 Å². The van der Waals surface area contributed by atoms with Crippen molar-refractivity contribution in [3.05, 3.63) is 23.0 Å². The summed E-state index contributed by atoms with van der Waals surface area (Å²) in [5.41, 5.74) is 0.742. The molecule has 0 atom stereocenters. The molecule has 1 aliphatic carbocycles. The molecule has 0 radical (unpaired) electrons. The number of nitrogens with zero attached hydrogens (tertiary/aromatic N) is 1. The third-order valence-electron chi connectivity index (χ3n) is 2.52. The normalized spacial score (nSPS) is 16.7. The molecule has 0 aromatic carbocycles. The van der Waals surface area contributed by atoms with Crippen LogP contribution in [0.1, 0.15) is 25.5 Å². The van der Waals surface area contributed by atoms with Gasteiger partial charge in [-0.15, -0.1) is 0 Å². The number of sulfone groups is 1. The monoisotopic (exact) mass is 245 g/mol. The van der Waals surface area contributed by atoms with Crippen LogP contribution in [-0.4, -0.2) is 18.7 Å². The first-order valence-corrected chi connectivity index (χ1v) is 6.86. The lowest BCUT2D eigenvalue weighted by Crippen LogP contribution is -2.08. The van der Waals surface area contributed by atoms with E-state index in [1.54, 1.807) is 0 Å². The van der Waals surface area contributed by atoms with Crippen LogP contribution in [0.25, 0.3) is 0 Å². The summed E-state index contributed by atoms with van der Waals surface area (Å²) in [5.74, 6) is 0. The largest absolute Gasteiger partial charge is 0.258 e. The minimum atomic E-state index is -3.16. The number of rotatable bonds is 3. The summed E-state index contributed by atoms with van der Waals surface area (Å²) < 4.78 is 23.7. The maximum absolute atomic E-state index is 11.8. The highest BCUT2D eigenvalue weighted by Crippen LogP contribution is 2.34. The van der Waals surface area contributed by atoms with E-state index < -0.39 is 9.84 Å². The van der Waals surface area contributed by atoms with Gasteiger partial charge >= 0.3 is 0 Å². The van der Waals surface area contributed by atoms with Crippen molar-refractivity contribution < 1.29 is 8.42 Å². The minimum Gasteiger partial charge on any atom is -0.258 e. The quantitative estimate of drug-likeness (QED) is 0.821. The first kappa shape index (κ1) is 10.9. The van der Waals surface area contributed by atoms with E-state index in [2.05, 4.69) is 4.98 Å². The molecule has 0 aliphatic heterocycles. The van der Waals surface area contributed by atoms with Crippen LogP contribution in [0.2, 0.25) is 5.02 Å². The summed E-state index contributed by atoms with van der Waals surface area (Å²) in [6.07, 6.45) is 3.64. The average molecular weight is 246 g/mol. The molecular formula is C10H12ClNO2S. The van der Waals surface area contributed by atoms with Gasteiger partial charge in [0.2, 0.25) is 0 Å². The number of halogens is 1. The maximum Gasteiger partial charge on any atom is 0.182 e. The van der Waals surface area contributed by atoms with E-state index in [9.17, 15) is 8.42 Å². The topological polar surface area (TPSA) is 47.0 Å². The number of aromatic nitrogens is 1. The fraction of sp³-hybridized carbons (Fsp3) is 0.500. The lowest BCUT2D eigenvalue weighted by molar-refractivity contribution is 0.594. The summed E-state index contributed by atoms with van der Waals surface area (Å²) in [4.78, 5) is 4.32. The Labute approximate surface area is 94.4 Å². The molecule has 2 rings (SSSR count). The van der Waals surface area contributed by atoms with E-state index in [0.29, 0.717) is 11.4 Å². The Bertz CT molecular complexity index is 480. The van der Waals surface area contributed by atoms with Crippen LogP contribution in [0.3, 0.4) is 0 Å². The van der Waals surface area contributed by atoms with E-state index >= 15 is 0 Å². The molecule has 1 fully saturated rings. The standard InChI is InChI=1S/C10H12ClNO2S/c1-2-10-9(11)5-8(6-12-10)15(13,14)7-3-4-7/h5-7H,2-4H2,1H3. The average Bonchev–Trinajstić information content (AvgIpc) is 3.00. The molecule has 0 saturated heterocycles. The van der Waals surface area contributed by atoms with Crippen molar-refractivity contribution in [3.63, 3.8) is 0 Å². The molecule has 82 valence electrons. The van der Waals surface area contributed by atoms with Crippen LogP contribution < -0.4 is 0 Å². The molecule has 0 N–H and O–H groups in total. The number of hydrogen-bond acceptors (Lipinski definition) is 3. The summed E-state index contributed by atoms with van der Waals surface area (Å²) in [7, 11) is -3.16. The Morgan fingerprint density at radius 2 is 2.20 bits per heavy atom. The van der Waals surface area contributed by atoms with Crippen LogP contribution in [0.5, 0.6) is 0 Å². The smallest absolute Gasteiger partial charge is 0.182 e. The van der Waals surface area contributed by atoms with Gasteiger partial charge in [-0.2, -0.15) is 0 Å². The van der Waals surface area contributed by atoms with Crippen molar-refractivity contribution in [1.29, 1.82) is 0 Å². The molecule has 3 nitrogen and oxygen atoms in total. The van der Waals surface area contributed by atoms with E-state index in [4.69, 9.17) is 11.6 Å². The van der Waals surface area contributed by atoms with Crippen LogP contribution in [-0.2, 0) is 16.3 Å². The zero-order valence-electron chi connectivity index (χ0n) is 8.40. The Balaban J connectivity index is 2.42. The van der Waals surface area contributed by atoms with Crippen LogP contribution in [0, 0.1) is 0 Å². The van der Waals surface area contributed by atoms with Crippen molar-refractivity contribution >= 4 is 21.4 Å². The lowest BCUT2D eigenvalue weighted by Gasteiger charge is -2.04. The van der Waals surface area contributed by atoms with Gasteiger partial charge in [0.25, 0.3) is 0 Å². The summed E-state index contributed by atoms with van der Waals surface area (Å²) >= 11 is 5.93. The predicted octanol–water partition coefficient (Wildman–Crippen LogP) is 2.23. The van der Waals surface area contributed by atoms with Gasteiger partial charge in [0.05, 0.1) is 20.9 Å². The van der Waals surface area contributed by atoms with E-state index in [1.807, 2.05) is 6.92 Å². The first-order valence-electron chi connectivity index (χ1n) is 4.94. The number of aryl methyl sites for hydroxylation is 1. The second-order valence-electron chi connectivity index (χ2n) is 3.70. The highest BCUT2D eigenvalue weighted by atomic mass is 35.5. The summed E-state index contributed by atoms with van der Waals surface area (Å²) in [6.45, 7) is 1.93. The van der Waals surface area contributed by atoms with Crippen molar-refractivity contribution in [1.82, 2.24) is 4.98 Å². The molecular weight excluding hydrogens is 234 g/mol.